The van der Waals surface area contributed by atoms with E-state index in [0.717, 1.165) is 12.8 Å². The van der Waals surface area contributed by atoms with E-state index in [1.165, 1.54) is 45.6 Å². The van der Waals surface area contributed by atoms with Gasteiger partial charge in [-0.2, -0.15) is 0 Å². The Balaban J connectivity index is 2.95. The van der Waals surface area contributed by atoms with Crippen molar-refractivity contribution in [1.29, 1.82) is 0 Å². The first-order valence-corrected chi connectivity index (χ1v) is 5.72. The van der Waals surface area contributed by atoms with Crippen LogP contribution in [0.25, 0.3) is 0 Å². The van der Waals surface area contributed by atoms with E-state index in [1.807, 2.05) is 0 Å². The summed E-state index contributed by atoms with van der Waals surface area (Å²) in [5.41, 5.74) is 0. The van der Waals surface area contributed by atoms with Crippen molar-refractivity contribution in [3.05, 3.63) is 6.42 Å². The summed E-state index contributed by atoms with van der Waals surface area (Å²) in [4.78, 5) is 10.7. The topological polar surface area (TPSA) is 26.3 Å². The van der Waals surface area contributed by atoms with E-state index in [0.29, 0.717) is 0 Å². The third kappa shape index (κ3) is 9.56. The van der Waals surface area contributed by atoms with Crippen molar-refractivity contribution in [2.75, 3.05) is 7.11 Å². The summed E-state index contributed by atoms with van der Waals surface area (Å²) in [5.74, 6) is -0.198. The first kappa shape index (κ1) is 13.5. The van der Waals surface area contributed by atoms with E-state index < -0.39 is 0 Å². The second-order valence-electron chi connectivity index (χ2n) is 3.64. The molecular weight excluding hydrogens is 176 g/mol. The van der Waals surface area contributed by atoms with Gasteiger partial charge in [0.05, 0.1) is 13.5 Å². The van der Waals surface area contributed by atoms with E-state index in [1.54, 1.807) is 6.42 Å². The molecule has 0 atom stereocenters. The molecule has 1 radical (unpaired) electrons. The smallest absolute Gasteiger partial charge is 0.309 e. The van der Waals surface area contributed by atoms with Crippen molar-refractivity contribution >= 4 is 5.97 Å². The number of rotatable bonds is 9. The summed E-state index contributed by atoms with van der Waals surface area (Å²) in [7, 11) is 1.42. The third-order valence-electron chi connectivity index (χ3n) is 2.32. The number of carbonyl (C=O) groups is 1. The van der Waals surface area contributed by atoms with Crippen molar-refractivity contribution in [1.82, 2.24) is 0 Å². The predicted octanol–water partition coefficient (Wildman–Crippen LogP) is 3.50. The maximum absolute atomic E-state index is 10.7. The summed E-state index contributed by atoms with van der Waals surface area (Å²) in [6, 6.07) is 0. The van der Waals surface area contributed by atoms with Crippen LogP contribution in [0, 0.1) is 6.42 Å². The Morgan fingerprint density at radius 3 is 2.21 bits per heavy atom. The van der Waals surface area contributed by atoms with Gasteiger partial charge in [0.2, 0.25) is 0 Å². The van der Waals surface area contributed by atoms with Crippen LogP contribution in [0.4, 0.5) is 0 Å². The van der Waals surface area contributed by atoms with Gasteiger partial charge >= 0.3 is 5.97 Å². The highest BCUT2D eigenvalue weighted by Gasteiger charge is 1.99. The van der Waals surface area contributed by atoms with Crippen LogP contribution in [0.15, 0.2) is 0 Å². The number of unbranched alkanes of at least 4 members (excludes halogenated alkanes) is 7. The second kappa shape index (κ2) is 10.6. The Labute approximate surface area is 88.0 Å². The van der Waals surface area contributed by atoms with Crippen LogP contribution >= 0.6 is 0 Å². The van der Waals surface area contributed by atoms with Gasteiger partial charge in [-0.15, -0.1) is 0 Å². The van der Waals surface area contributed by atoms with Crippen LogP contribution in [0.2, 0.25) is 0 Å². The average Bonchev–Trinajstić information content (AvgIpc) is 2.21. The molecule has 2 heteroatoms. The van der Waals surface area contributed by atoms with Crippen molar-refractivity contribution < 1.29 is 9.53 Å². The van der Waals surface area contributed by atoms with Crippen LogP contribution in [0.3, 0.4) is 0 Å². The molecule has 0 amide bonds. The Morgan fingerprint density at radius 1 is 1.07 bits per heavy atom. The lowest BCUT2D eigenvalue weighted by molar-refractivity contribution is -0.136. The van der Waals surface area contributed by atoms with Crippen molar-refractivity contribution in [2.24, 2.45) is 0 Å². The standard InChI is InChI=1S/C12H23O2/c1-3-4-5-6-7-8-9-10-11-12(13)14-2/h11H,3-10H2,1-2H3. The minimum atomic E-state index is -0.198. The molecule has 0 aliphatic heterocycles. The molecule has 14 heavy (non-hydrogen) atoms. The Bertz CT molecular complexity index is 132. The Morgan fingerprint density at radius 2 is 1.64 bits per heavy atom. The molecule has 0 N–H and O–H groups in total. The van der Waals surface area contributed by atoms with Crippen molar-refractivity contribution in [2.45, 2.75) is 58.3 Å². The molecule has 0 bridgehead atoms. The average molecular weight is 199 g/mol. The molecule has 0 fully saturated rings. The van der Waals surface area contributed by atoms with Gasteiger partial charge in [0.25, 0.3) is 0 Å². The van der Waals surface area contributed by atoms with E-state index >= 15 is 0 Å². The number of ether oxygens (including phenoxy) is 1. The van der Waals surface area contributed by atoms with Gasteiger partial charge in [0.1, 0.15) is 0 Å². The maximum atomic E-state index is 10.7. The lowest BCUT2D eigenvalue weighted by Crippen LogP contribution is -2.00. The zero-order chi connectivity index (χ0) is 10.6. The Kier molecular flexibility index (Phi) is 10.2. The normalized spacial score (nSPS) is 10.1. The molecule has 0 aromatic carbocycles. The number of hydrogen-bond acceptors (Lipinski definition) is 2. The van der Waals surface area contributed by atoms with E-state index in [9.17, 15) is 4.79 Å². The molecule has 0 saturated carbocycles. The zero-order valence-corrected chi connectivity index (χ0v) is 9.55. The molecule has 0 rings (SSSR count). The zero-order valence-electron chi connectivity index (χ0n) is 9.55. The highest BCUT2D eigenvalue weighted by atomic mass is 16.5. The molecule has 0 heterocycles. The van der Waals surface area contributed by atoms with E-state index in [4.69, 9.17) is 0 Å². The van der Waals surface area contributed by atoms with E-state index in [-0.39, 0.29) is 5.97 Å². The van der Waals surface area contributed by atoms with Gasteiger partial charge in [0.15, 0.2) is 0 Å². The van der Waals surface area contributed by atoms with Gasteiger partial charge in [-0.05, 0) is 6.42 Å². The molecular formula is C12H23O2. The quantitative estimate of drug-likeness (QED) is 0.419. The molecule has 0 unspecified atom stereocenters. The van der Waals surface area contributed by atoms with E-state index in [2.05, 4.69) is 11.7 Å². The number of hydrogen-bond donors (Lipinski definition) is 0. The van der Waals surface area contributed by atoms with Gasteiger partial charge in [-0.3, -0.25) is 4.79 Å². The SMILES string of the molecule is CCCCCCCCC[CH]C(=O)OC. The largest absolute Gasteiger partial charge is 0.469 e. The van der Waals surface area contributed by atoms with Gasteiger partial charge in [-0.1, -0.05) is 51.9 Å². The minimum absolute atomic E-state index is 0.198. The lowest BCUT2D eigenvalue weighted by Gasteiger charge is -2.00. The molecule has 0 saturated heterocycles. The number of carbonyl (C=O) groups excluding carboxylic acids is 1. The van der Waals surface area contributed by atoms with Crippen LogP contribution in [0.5, 0.6) is 0 Å². The predicted molar refractivity (Wildman–Crippen MR) is 58.9 cm³/mol. The highest BCUT2D eigenvalue weighted by Crippen LogP contribution is 2.09. The summed E-state index contributed by atoms with van der Waals surface area (Å²) < 4.78 is 4.52. The monoisotopic (exact) mass is 199 g/mol. The summed E-state index contributed by atoms with van der Waals surface area (Å²) in [6.45, 7) is 2.23. The van der Waals surface area contributed by atoms with Crippen LogP contribution in [-0.4, -0.2) is 13.1 Å². The summed E-state index contributed by atoms with van der Waals surface area (Å²) in [6.07, 6.45) is 11.5. The summed E-state index contributed by atoms with van der Waals surface area (Å²) >= 11 is 0. The van der Waals surface area contributed by atoms with Crippen LogP contribution in [-0.2, 0) is 9.53 Å². The molecule has 0 aromatic rings. The number of methoxy groups -OCH3 is 1. The third-order valence-corrected chi connectivity index (χ3v) is 2.32. The fourth-order valence-corrected chi connectivity index (χ4v) is 1.40. The molecule has 0 aliphatic carbocycles. The molecule has 0 aromatic heterocycles. The highest BCUT2D eigenvalue weighted by molar-refractivity contribution is 5.78. The summed E-state index contributed by atoms with van der Waals surface area (Å²) in [5, 5.41) is 0. The fraction of sp³-hybridized carbons (Fsp3) is 0.833. The Hall–Kier alpha value is -0.530. The van der Waals surface area contributed by atoms with Crippen molar-refractivity contribution in [3.63, 3.8) is 0 Å². The first-order valence-electron chi connectivity index (χ1n) is 5.72. The molecule has 0 aliphatic rings. The molecule has 0 spiro atoms. The van der Waals surface area contributed by atoms with Gasteiger partial charge < -0.3 is 4.74 Å². The minimum Gasteiger partial charge on any atom is -0.469 e. The molecule has 2 nitrogen and oxygen atoms in total. The fourth-order valence-electron chi connectivity index (χ4n) is 1.40. The maximum Gasteiger partial charge on any atom is 0.309 e. The van der Waals surface area contributed by atoms with Crippen LogP contribution in [0.1, 0.15) is 58.3 Å². The lowest BCUT2D eigenvalue weighted by atomic mass is 10.1. The van der Waals surface area contributed by atoms with Gasteiger partial charge in [-0.25, -0.2) is 0 Å². The first-order chi connectivity index (χ1) is 6.81. The molecule has 83 valence electrons. The number of esters is 1. The second-order valence-corrected chi connectivity index (χ2v) is 3.64. The van der Waals surface area contributed by atoms with Crippen molar-refractivity contribution in [3.8, 4) is 0 Å². The van der Waals surface area contributed by atoms with Crippen LogP contribution < -0.4 is 0 Å². The van der Waals surface area contributed by atoms with Gasteiger partial charge in [0, 0.05) is 0 Å².